The molecule has 2 aromatic rings. The van der Waals surface area contributed by atoms with Crippen LogP contribution in [0.25, 0.3) is 0 Å². The average Bonchev–Trinajstić information content (AvgIpc) is 3.29. The number of rotatable bonds is 36. The van der Waals surface area contributed by atoms with Gasteiger partial charge in [-0.2, -0.15) is 0 Å². The Bertz CT molecular complexity index is 2020. The van der Waals surface area contributed by atoms with Gasteiger partial charge in [-0.1, -0.05) is 49.4 Å². The highest BCUT2D eigenvalue weighted by Gasteiger charge is 2.27. The first-order chi connectivity index (χ1) is 32.8. The van der Waals surface area contributed by atoms with Gasteiger partial charge in [0.15, 0.2) is 12.4 Å². The van der Waals surface area contributed by atoms with Gasteiger partial charge in [-0.25, -0.2) is 9.59 Å². The van der Waals surface area contributed by atoms with Gasteiger partial charge in [0.1, 0.15) is 23.9 Å². The lowest BCUT2D eigenvalue weighted by atomic mass is 9.94. The summed E-state index contributed by atoms with van der Waals surface area (Å²) in [5.41, 5.74) is 1.30. The van der Waals surface area contributed by atoms with Gasteiger partial charge in [0.2, 0.25) is 11.8 Å². The Kier molecular flexibility index (Phi) is 26.7. The summed E-state index contributed by atoms with van der Waals surface area (Å²) in [4.78, 5) is 123. The molecule has 69 heavy (non-hydrogen) atoms. The summed E-state index contributed by atoms with van der Waals surface area (Å²) in [6, 6.07) is 10.6. The minimum absolute atomic E-state index is 0.0485. The number of carbonyl (C=O) groups excluding carboxylic acids is 5. The van der Waals surface area contributed by atoms with Crippen molar-refractivity contribution in [1.29, 1.82) is 0 Å². The summed E-state index contributed by atoms with van der Waals surface area (Å²) >= 11 is 0. The molecule has 0 aliphatic rings. The smallest absolute Gasteiger partial charge is 0.326 e. The van der Waals surface area contributed by atoms with Crippen LogP contribution in [-0.4, -0.2) is 160 Å². The van der Waals surface area contributed by atoms with Crippen molar-refractivity contribution >= 4 is 59.4 Å². The highest BCUT2D eigenvalue weighted by molar-refractivity contribution is 5.89. The monoisotopic (exact) mass is 971 g/mol. The van der Waals surface area contributed by atoms with E-state index in [0.717, 1.165) is 5.56 Å². The lowest BCUT2D eigenvalue weighted by Gasteiger charge is -2.27. The number of likely N-dealkylation sites (N-methyl/N-ethyl adjacent to an activating group) is 1. The summed E-state index contributed by atoms with van der Waals surface area (Å²) in [5, 5.41) is 62.1. The van der Waals surface area contributed by atoms with Crippen molar-refractivity contribution in [2.75, 3.05) is 45.9 Å². The molecule has 0 heterocycles. The van der Waals surface area contributed by atoms with Gasteiger partial charge in [-0.3, -0.25) is 43.3 Å². The van der Waals surface area contributed by atoms with E-state index in [1.807, 2.05) is 0 Å². The van der Waals surface area contributed by atoms with E-state index in [-0.39, 0.29) is 76.9 Å². The number of benzene rings is 2. The minimum atomic E-state index is -1.26. The number of Topliss-reactive ketones (excluding diaryl/α,β-unsaturated/α-hetero) is 1. The predicted octanol–water partition coefficient (Wildman–Crippen LogP) is 0.633. The van der Waals surface area contributed by atoms with Crippen molar-refractivity contribution in [3.8, 4) is 5.75 Å². The third-order valence-corrected chi connectivity index (χ3v) is 10.6. The second kappa shape index (κ2) is 31.8. The zero-order chi connectivity index (χ0) is 51.3. The van der Waals surface area contributed by atoms with Gasteiger partial charge in [-0.15, -0.1) is 0 Å². The number of aliphatic carboxylic acids is 5. The first-order valence-corrected chi connectivity index (χ1v) is 22.5. The molecule has 0 aromatic heterocycles. The Balaban J connectivity index is 1.87. The largest absolute Gasteiger partial charge is 0.484 e. The molecule has 0 bridgehead atoms. The fourth-order valence-corrected chi connectivity index (χ4v) is 6.91. The molecular weight excluding hydrogens is 907 g/mol. The Hall–Kier alpha value is -7.14. The Morgan fingerprint density at radius 2 is 1.32 bits per heavy atom. The third kappa shape index (κ3) is 25.0. The van der Waals surface area contributed by atoms with Gasteiger partial charge < -0.3 is 62.2 Å². The molecule has 0 aliphatic carbocycles. The van der Waals surface area contributed by atoms with Crippen LogP contribution in [0, 0.1) is 5.92 Å². The van der Waals surface area contributed by atoms with E-state index in [2.05, 4.69) is 31.9 Å². The van der Waals surface area contributed by atoms with Gasteiger partial charge in [0.25, 0.3) is 5.91 Å². The lowest BCUT2D eigenvalue weighted by molar-refractivity contribution is -0.144. The van der Waals surface area contributed by atoms with Crippen molar-refractivity contribution in [2.24, 2.45) is 5.92 Å². The van der Waals surface area contributed by atoms with Crippen LogP contribution < -0.4 is 36.6 Å². The number of nitrogens with zero attached hydrogens (tertiary/aromatic N) is 1. The topological polar surface area (TPSA) is 357 Å². The molecule has 1 unspecified atom stereocenters. The number of nitrogens with one attached hydrogen (secondary N) is 6. The molecule has 5 atom stereocenters. The van der Waals surface area contributed by atoms with E-state index in [1.54, 1.807) is 61.2 Å². The highest BCUT2D eigenvalue weighted by atomic mass is 16.5. The maximum absolute atomic E-state index is 13.3. The molecule has 5 amide bonds. The molecule has 0 fully saturated rings. The normalized spacial score (nSPS) is 13.1. The van der Waals surface area contributed by atoms with E-state index in [0.29, 0.717) is 24.9 Å². The molecule has 11 N–H and O–H groups in total. The van der Waals surface area contributed by atoms with E-state index in [1.165, 1.54) is 12.1 Å². The second-order valence-corrected chi connectivity index (χ2v) is 16.2. The number of unbranched alkanes of at least 4 members (excludes halogenated alkanes) is 1. The number of carboxylic acids is 5. The molecular formula is C46H65N7O16. The molecule has 380 valence electrons. The summed E-state index contributed by atoms with van der Waals surface area (Å²) < 4.78 is 5.63. The zero-order valence-electron chi connectivity index (χ0n) is 38.8. The lowest BCUT2D eigenvalue weighted by Crippen LogP contribution is -2.49. The zero-order valence-corrected chi connectivity index (χ0v) is 38.8. The molecule has 0 spiro atoms. The van der Waals surface area contributed by atoms with Crippen molar-refractivity contribution < 1.29 is 78.2 Å². The first-order valence-electron chi connectivity index (χ1n) is 22.5. The quantitative estimate of drug-likeness (QED) is 0.0417. The number of ether oxygens (including phenoxy) is 1. The maximum atomic E-state index is 13.3. The summed E-state index contributed by atoms with van der Waals surface area (Å²) in [7, 11) is 0. The Morgan fingerprint density at radius 3 is 1.93 bits per heavy atom. The number of hydrogen-bond acceptors (Lipinski definition) is 13. The van der Waals surface area contributed by atoms with Gasteiger partial charge in [0.05, 0.1) is 19.0 Å². The van der Waals surface area contributed by atoms with E-state index >= 15 is 0 Å². The molecule has 23 nitrogen and oxygen atoms in total. The standard InChI is InChI=1S/C46H65N7O16/c1-3-53(22-21-47-27-41(59)60)37(45(66)67)17-18-38(55)49-26-33(54)25-32(43(62)63)23-31-13-15-34(16-14-31)69-28-39(56)51-36(24-30-9-5-4-6-10-30)42(61)48-20-8-7-11-35(44(64)65)52-46(68)50-29(2)12-19-40(57)58/h4-6,9-10,13-16,29,32,35-37,47H,3,7-8,11-12,17-28H2,1-2H3,(H,48,61)(H,49,55)(H,51,56)(H,57,58)(H,59,60)(H,62,63)(H,64,65)(H,66,67)(H2,50,52,68)/t29-,32-,35+,36+,37?/m1/s1. The number of hydrogen-bond donors (Lipinski definition) is 11. The van der Waals surface area contributed by atoms with Crippen LogP contribution in [0.15, 0.2) is 54.6 Å². The SMILES string of the molecule is CCN(CCNCC(=O)O)C(CCC(=O)NCC(=O)C[C@@H](Cc1ccc(OCC(=O)N[C@@H](Cc2ccccc2)C(=O)NCCCC[C@H](NC(=O)N[C@H](C)CCC(=O)O)C(=O)O)cc1)C(=O)O)C(=O)O. The van der Waals surface area contributed by atoms with Crippen molar-refractivity contribution in [3.05, 3.63) is 65.7 Å². The van der Waals surface area contributed by atoms with Crippen LogP contribution in [0.2, 0.25) is 0 Å². The summed E-state index contributed by atoms with van der Waals surface area (Å²) in [5.74, 6) is -8.92. The van der Waals surface area contributed by atoms with Gasteiger partial charge in [0, 0.05) is 51.4 Å². The number of carbonyl (C=O) groups is 10. The van der Waals surface area contributed by atoms with Gasteiger partial charge in [-0.05, 0) is 75.3 Å². The first kappa shape index (κ1) is 58.0. The van der Waals surface area contributed by atoms with Crippen LogP contribution in [0.3, 0.4) is 0 Å². The van der Waals surface area contributed by atoms with E-state index in [4.69, 9.17) is 14.9 Å². The molecule has 0 saturated heterocycles. The Labute approximate surface area is 399 Å². The van der Waals surface area contributed by atoms with E-state index in [9.17, 15) is 63.3 Å². The van der Waals surface area contributed by atoms with Crippen LogP contribution in [0.1, 0.15) is 76.3 Å². The van der Waals surface area contributed by atoms with Crippen LogP contribution in [0.4, 0.5) is 4.79 Å². The predicted molar refractivity (Wildman–Crippen MR) is 246 cm³/mol. The van der Waals surface area contributed by atoms with Crippen molar-refractivity contribution in [1.82, 2.24) is 36.8 Å². The minimum Gasteiger partial charge on any atom is -0.484 e. The summed E-state index contributed by atoms with van der Waals surface area (Å²) in [6.45, 7) is 2.99. The number of amides is 5. The molecule has 0 saturated carbocycles. The highest BCUT2D eigenvalue weighted by Crippen LogP contribution is 2.18. The molecule has 23 heteroatoms. The number of carboxylic acid groups (broad SMARTS) is 5. The van der Waals surface area contributed by atoms with Gasteiger partial charge >= 0.3 is 35.9 Å². The number of urea groups is 1. The number of ketones is 1. The Morgan fingerprint density at radius 1 is 0.638 bits per heavy atom. The maximum Gasteiger partial charge on any atom is 0.326 e. The van der Waals surface area contributed by atoms with Crippen LogP contribution in [-0.2, 0) is 56.0 Å². The van der Waals surface area contributed by atoms with Crippen LogP contribution in [0.5, 0.6) is 5.75 Å². The fraction of sp³-hybridized carbons (Fsp3) is 0.522. The van der Waals surface area contributed by atoms with Crippen LogP contribution >= 0.6 is 0 Å². The molecule has 0 aliphatic heterocycles. The summed E-state index contributed by atoms with van der Waals surface area (Å²) in [6.07, 6.45) is 0.0841. The fourth-order valence-electron chi connectivity index (χ4n) is 6.91. The van der Waals surface area contributed by atoms with E-state index < -0.39 is 109 Å². The molecule has 0 radical (unpaired) electrons. The van der Waals surface area contributed by atoms with Crippen molar-refractivity contribution in [3.63, 3.8) is 0 Å². The van der Waals surface area contributed by atoms with Crippen molar-refractivity contribution in [2.45, 2.75) is 102 Å². The second-order valence-electron chi connectivity index (χ2n) is 16.2. The molecule has 2 rings (SSSR count). The molecule has 2 aromatic carbocycles. The third-order valence-electron chi connectivity index (χ3n) is 10.6. The average molecular weight is 972 g/mol.